The predicted molar refractivity (Wildman–Crippen MR) is 187 cm³/mol. The minimum atomic E-state index is -0.407. The number of nitrogen functional groups attached to an aromatic ring is 1. The van der Waals surface area contributed by atoms with Crippen molar-refractivity contribution in [3.8, 4) is 0 Å². The van der Waals surface area contributed by atoms with Gasteiger partial charge in [-0.3, -0.25) is 9.59 Å². The predicted octanol–water partition coefficient (Wildman–Crippen LogP) is 7.62. The van der Waals surface area contributed by atoms with Crippen LogP contribution in [-0.2, 0) is 22.4 Å². The quantitative estimate of drug-likeness (QED) is 0.134. The minimum absolute atomic E-state index is 0.0745. The summed E-state index contributed by atoms with van der Waals surface area (Å²) in [4.78, 5) is 46.0. The van der Waals surface area contributed by atoms with Gasteiger partial charge in [-0.25, -0.2) is 9.59 Å². The average Bonchev–Trinajstić information content (AvgIpc) is 3.07. The number of hydrogen-bond acceptors (Lipinski definition) is 7. The van der Waals surface area contributed by atoms with E-state index in [0.29, 0.717) is 34.0 Å². The Labute approximate surface area is 276 Å². The number of hydrogen-bond donors (Lipinski definition) is 2. The van der Waals surface area contributed by atoms with E-state index >= 15 is 0 Å². The molecule has 1 amide bonds. The SMILES string of the molecule is CC(Cc1ccccc1)C(=O)Cl.CC(Cc1ccccc1)C(=O)Nc1cccc2c(=O)occc12.Nc1cccc2c(=O)occc12. The van der Waals surface area contributed by atoms with E-state index in [1.165, 1.54) is 12.5 Å². The molecule has 0 aliphatic carbocycles. The van der Waals surface area contributed by atoms with E-state index in [1.807, 2.05) is 74.5 Å². The van der Waals surface area contributed by atoms with E-state index in [1.54, 1.807) is 48.5 Å². The first-order valence-electron chi connectivity index (χ1n) is 15.0. The van der Waals surface area contributed by atoms with Crippen LogP contribution in [0.4, 0.5) is 11.4 Å². The van der Waals surface area contributed by atoms with Crippen molar-refractivity contribution in [3.05, 3.63) is 154 Å². The lowest BCUT2D eigenvalue weighted by Gasteiger charge is -2.13. The molecule has 2 atom stereocenters. The maximum absolute atomic E-state index is 12.4. The Morgan fingerprint density at radius 3 is 1.66 bits per heavy atom. The number of nitrogens with one attached hydrogen (secondary N) is 1. The summed E-state index contributed by atoms with van der Waals surface area (Å²) in [6.45, 7) is 3.73. The highest BCUT2D eigenvalue weighted by atomic mass is 35.5. The number of carbonyl (C=O) groups excluding carboxylic acids is 2. The molecule has 9 heteroatoms. The van der Waals surface area contributed by atoms with Crippen LogP contribution in [0.15, 0.2) is 140 Å². The lowest BCUT2D eigenvalue weighted by molar-refractivity contribution is -0.119. The number of halogens is 1. The van der Waals surface area contributed by atoms with E-state index in [4.69, 9.17) is 21.8 Å². The molecular formula is C38H35ClN2O6. The van der Waals surface area contributed by atoms with Gasteiger partial charge in [0.25, 0.3) is 0 Å². The van der Waals surface area contributed by atoms with Gasteiger partial charge >= 0.3 is 11.3 Å². The summed E-state index contributed by atoms with van der Waals surface area (Å²) in [5.41, 5.74) is 8.38. The van der Waals surface area contributed by atoms with Gasteiger partial charge in [0.1, 0.15) is 0 Å². The van der Waals surface area contributed by atoms with Crippen LogP contribution in [0.2, 0.25) is 0 Å². The Morgan fingerprint density at radius 1 is 0.638 bits per heavy atom. The third-order valence-corrected chi connectivity index (χ3v) is 7.74. The molecule has 240 valence electrons. The molecule has 4 aromatic carbocycles. The van der Waals surface area contributed by atoms with Crippen molar-refractivity contribution in [1.82, 2.24) is 0 Å². The van der Waals surface area contributed by atoms with Gasteiger partial charge in [-0.15, -0.1) is 0 Å². The first kappa shape index (κ1) is 34.4. The smallest absolute Gasteiger partial charge is 0.343 e. The van der Waals surface area contributed by atoms with Crippen molar-refractivity contribution in [2.24, 2.45) is 11.8 Å². The fourth-order valence-electron chi connectivity index (χ4n) is 4.80. The summed E-state index contributed by atoms with van der Waals surface area (Å²) in [5, 5.41) is 5.06. The highest BCUT2D eigenvalue weighted by molar-refractivity contribution is 6.63. The monoisotopic (exact) mass is 650 g/mol. The van der Waals surface area contributed by atoms with Gasteiger partial charge in [-0.1, -0.05) is 86.6 Å². The van der Waals surface area contributed by atoms with Gasteiger partial charge in [-0.05, 0) is 72.0 Å². The molecule has 0 spiro atoms. The van der Waals surface area contributed by atoms with Crippen molar-refractivity contribution in [2.75, 3.05) is 11.1 Å². The summed E-state index contributed by atoms with van der Waals surface area (Å²) in [6.07, 6.45) is 4.08. The Kier molecular flexibility index (Phi) is 12.2. The van der Waals surface area contributed by atoms with Crippen molar-refractivity contribution >= 4 is 55.7 Å². The second kappa shape index (κ2) is 16.7. The second-order valence-corrected chi connectivity index (χ2v) is 11.3. The van der Waals surface area contributed by atoms with E-state index in [-0.39, 0.29) is 28.6 Å². The summed E-state index contributed by atoms with van der Waals surface area (Å²) in [5.74, 6) is -0.337. The normalized spacial score (nSPS) is 11.7. The van der Waals surface area contributed by atoms with Crippen molar-refractivity contribution in [3.63, 3.8) is 0 Å². The van der Waals surface area contributed by atoms with Crippen LogP contribution in [0.3, 0.4) is 0 Å². The molecule has 2 unspecified atom stereocenters. The first-order chi connectivity index (χ1) is 22.6. The molecule has 8 nitrogen and oxygen atoms in total. The average molecular weight is 651 g/mol. The van der Waals surface area contributed by atoms with Crippen molar-refractivity contribution < 1.29 is 18.4 Å². The van der Waals surface area contributed by atoms with E-state index < -0.39 is 5.63 Å². The van der Waals surface area contributed by atoms with Crippen molar-refractivity contribution in [1.29, 1.82) is 0 Å². The Bertz CT molecular complexity index is 2060. The van der Waals surface area contributed by atoms with E-state index in [2.05, 4.69) is 9.73 Å². The molecule has 0 saturated heterocycles. The molecule has 0 radical (unpaired) electrons. The maximum Gasteiger partial charge on any atom is 0.343 e. The lowest BCUT2D eigenvalue weighted by atomic mass is 10.00. The molecule has 0 aliphatic rings. The molecule has 3 N–H and O–H groups in total. The van der Waals surface area contributed by atoms with Crippen LogP contribution in [0.5, 0.6) is 0 Å². The number of carbonyl (C=O) groups is 2. The van der Waals surface area contributed by atoms with Crippen LogP contribution in [0.1, 0.15) is 25.0 Å². The highest BCUT2D eigenvalue weighted by Crippen LogP contribution is 2.22. The highest BCUT2D eigenvalue weighted by Gasteiger charge is 2.15. The third kappa shape index (κ3) is 9.76. The largest absolute Gasteiger partial charge is 0.431 e. The number of rotatable bonds is 7. The van der Waals surface area contributed by atoms with Crippen LogP contribution in [-0.4, -0.2) is 11.1 Å². The topological polar surface area (TPSA) is 133 Å². The molecule has 6 rings (SSSR count). The molecular weight excluding hydrogens is 616 g/mol. The molecule has 6 aromatic rings. The maximum atomic E-state index is 12.4. The van der Waals surface area contributed by atoms with Crippen LogP contribution in [0, 0.1) is 11.8 Å². The second-order valence-electron chi connectivity index (χ2n) is 11.0. The molecule has 2 heterocycles. The molecule has 47 heavy (non-hydrogen) atoms. The zero-order valence-electron chi connectivity index (χ0n) is 26.0. The van der Waals surface area contributed by atoms with Gasteiger partial charge in [-0.2, -0.15) is 0 Å². The van der Waals surface area contributed by atoms with Crippen LogP contribution < -0.4 is 22.3 Å². The third-order valence-electron chi connectivity index (χ3n) is 7.37. The number of amides is 1. The summed E-state index contributed by atoms with van der Waals surface area (Å²) >= 11 is 5.34. The number of fused-ring (bicyclic) bond motifs is 2. The standard InChI is InChI=1S/C19H17NO3.C10H11ClO.C9H7NO2/c1-13(12-14-6-3-2-4-7-14)18(21)20-17-9-5-8-16-15(17)10-11-23-19(16)22;1-8(10(11)12)7-9-5-3-2-4-6-9;10-8-3-1-2-7-6(8)4-5-12-9(7)11/h2-11,13H,12H2,1H3,(H,20,21);2-6,8H,7H2,1H3;1-5H,10H2. The van der Waals surface area contributed by atoms with Crippen LogP contribution in [0.25, 0.3) is 21.5 Å². The van der Waals surface area contributed by atoms with Gasteiger partial charge in [0.15, 0.2) is 0 Å². The molecule has 0 bridgehead atoms. The van der Waals surface area contributed by atoms with Gasteiger partial charge in [0, 0.05) is 34.0 Å². The zero-order valence-corrected chi connectivity index (χ0v) is 26.8. The molecule has 2 aromatic heterocycles. The lowest BCUT2D eigenvalue weighted by Crippen LogP contribution is -2.22. The minimum Gasteiger partial charge on any atom is -0.431 e. The Morgan fingerprint density at radius 2 is 1.13 bits per heavy atom. The van der Waals surface area contributed by atoms with Gasteiger partial charge in [0.05, 0.1) is 23.3 Å². The molecule has 0 fully saturated rings. The summed E-state index contributed by atoms with van der Waals surface area (Å²) < 4.78 is 9.54. The summed E-state index contributed by atoms with van der Waals surface area (Å²) in [7, 11) is 0. The fraction of sp³-hybridized carbons (Fsp3) is 0.158. The number of nitrogens with two attached hydrogens (primary N) is 1. The molecule has 0 aliphatic heterocycles. The zero-order chi connectivity index (χ0) is 33.8. The Hall–Kier alpha value is -5.47. The first-order valence-corrected chi connectivity index (χ1v) is 15.4. The summed E-state index contributed by atoms with van der Waals surface area (Å²) in [6, 6.07) is 33.5. The molecule has 0 saturated carbocycles. The number of benzene rings is 4. The fourth-order valence-corrected chi connectivity index (χ4v) is 4.87. The Balaban J connectivity index is 0.000000176. The van der Waals surface area contributed by atoms with Crippen molar-refractivity contribution in [2.45, 2.75) is 26.7 Å². The van der Waals surface area contributed by atoms with Crippen LogP contribution >= 0.6 is 11.6 Å². The van der Waals surface area contributed by atoms with E-state index in [9.17, 15) is 19.2 Å². The van der Waals surface area contributed by atoms with E-state index in [0.717, 1.165) is 22.9 Å². The van der Waals surface area contributed by atoms with Gasteiger partial charge in [0.2, 0.25) is 11.1 Å². The van der Waals surface area contributed by atoms with Gasteiger partial charge < -0.3 is 19.9 Å². The number of anilines is 2.